The first-order valence-corrected chi connectivity index (χ1v) is 11.5. The molecule has 33 heavy (non-hydrogen) atoms. The quantitative estimate of drug-likeness (QED) is 0.317. The van der Waals surface area contributed by atoms with Crippen molar-refractivity contribution in [3.63, 3.8) is 0 Å². The Balaban J connectivity index is 1.60. The molecule has 1 aromatic carbocycles. The molecule has 2 heterocycles. The van der Waals surface area contributed by atoms with Crippen LogP contribution in [0.15, 0.2) is 23.5 Å². The van der Waals surface area contributed by atoms with Gasteiger partial charge in [-0.3, -0.25) is 14.5 Å². The number of rotatable bonds is 6. The summed E-state index contributed by atoms with van der Waals surface area (Å²) < 4.78 is 6.13. The summed E-state index contributed by atoms with van der Waals surface area (Å²) >= 11 is 0. The lowest BCUT2D eigenvalue weighted by molar-refractivity contribution is -0.153. The number of amides is 1. The number of nitrogens with one attached hydrogen (secondary N) is 1. The van der Waals surface area contributed by atoms with E-state index in [-0.39, 0.29) is 28.9 Å². The van der Waals surface area contributed by atoms with E-state index in [4.69, 9.17) is 9.84 Å². The van der Waals surface area contributed by atoms with E-state index in [2.05, 4.69) is 10.2 Å². The summed E-state index contributed by atoms with van der Waals surface area (Å²) in [5, 5.41) is 45.0. The topological polar surface area (TPSA) is 140 Å². The van der Waals surface area contributed by atoms with Gasteiger partial charge in [0.05, 0.1) is 16.6 Å². The van der Waals surface area contributed by atoms with Crippen molar-refractivity contribution in [2.45, 2.75) is 62.7 Å². The van der Waals surface area contributed by atoms with E-state index in [0.29, 0.717) is 30.9 Å². The van der Waals surface area contributed by atoms with E-state index in [1.54, 1.807) is 13.0 Å². The van der Waals surface area contributed by atoms with E-state index < -0.39 is 35.5 Å². The standard InChI is InChI=1S/C24H30N2O7/c1-12(22(31)25-10-17(28)29)19(30)21-24-7-8-26(11-13-3-4-13)16(23(24,2)32)9-14-5-6-15(27)20(33-21)18(14)24/h5-6,13,16,21,27,30,32H,3-4,7-11H2,1-2H3,(H,25,31)(H,28,29)/b19-12-/t16-,21+,23-,24+/m1/s1. The third-order valence-corrected chi connectivity index (χ3v) is 8.11. The Bertz CT molecular complexity index is 1060. The number of fused-ring (bicyclic) bond motifs is 1. The minimum Gasteiger partial charge on any atom is -0.508 e. The number of carbonyl (C=O) groups is 2. The number of piperidine rings is 1. The van der Waals surface area contributed by atoms with Gasteiger partial charge in [-0.15, -0.1) is 0 Å². The van der Waals surface area contributed by atoms with Gasteiger partial charge in [0, 0.05) is 18.2 Å². The van der Waals surface area contributed by atoms with Crippen molar-refractivity contribution in [3.8, 4) is 11.5 Å². The van der Waals surface area contributed by atoms with Gasteiger partial charge in [-0.25, -0.2) is 0 Å². The zero-order valence-electron chi connectivity index (χ0n) is 18.8. The average Bonchev–Trinajstić information content (AvgIpc) is 3.50. The summed E-state index contributed by atoms with van der Waals surface area (Å²) in [7, 11) is 0. The number of carbonyl (C=O) groups excluding carboxylic acids is 1. The number of phenols is 1. The maximum absolute atomic E-state index is 12.5. The molecule has 1 saturated carbocycles. The van der Waals surface area contributed by atoms with Crippen LogP contribution in [-0.4, -0.2) is 74.6 Å². The second kappa shape index (κ2) is 7.36. The van der Waals surface area contributed by atoms with Crippen molar-refractivity contribution in [3.05, 3.63) is 34.6 Å². The Morgan fingerprint density at radius 3 is 2.67 bits per heavy atom. The van der Waals surface area contributed by atoms with E-state index in [1.165, 1.54) is 19.8 Å². The van der Waals surface area contributed by atoms with Crippen molar-refractivity contribution < 1.29 is 34.8 Å². The molecule has 5 rings (SSSR count). The smallest absolute Gasteiger partial charge is 0.322 e. The van der Waals surface area contributed by atoms with Crippen molar-refractivity contribution in [1.29, 1.82) is 0 Å². The molecule has 1 amide bonds. The molecule has 4 aliphatic rings. The summed E-state index contributed by atoms with van der Waals surface area (Å²) in [5.74, 6) is -1.49. The number of aliphatic carboxylic acids is 1. The first-order chi connectivity index (χ1) is 15.6. The molecule has 2 bridgehead atoms. The third kappa shape index (κ3) is 3.13. The molecule has 0 radical (unpaired) electrons. The Kier molecular flexibility index (Phi) is 4.92. The lowest BCUT2D eigenvalue weighted by atomic mass is 9.53. The van der Waals surface area contributed by atoms with E-state index in [0.717, 1.165) is 12.1 Å². The Labute approximate surface area is 191 Å². The third-order valence-electron chi connectivity index (χ3n) is 8.11. The number of carboxylic acid groups (broad SMARTS) is 1. The first kappa shape index (κ1) is 22.0. The molecular formula is C24H30N2O7. The van der Waals surface area contributed by atoms with Gasteiger partial charge in [-0.1, -0.05) is 6.07 Å². The van der Waals surface area contributed by atoms with E-state index in [9.17, 15) is 24.9 Å². The van der Waals surface area contributed by atoms with Gasteiger partial charge in [0.2, 0.25) is 0 Å². The minimum absolute atomic E-state index is 0.0777. The molecule has 1 saturated heterocycles. The minimum atomic E-state index is -1.30. The molecule has 178 valence electrons. The number of phenolic OH excluding ortho intramolecular Hbond substituents is 1. The van der Waals surface area contributed by atoms with Gasteiger partial charge < -0.3 is 30.5 Å². The van der Waals surface area contributed by atoms with Crippen molar-refractivity contribution in [2.75, 3.05) is 19.6 Å². The highest BCUT2D eigenvalue weighted by Crippen LogP contribution is 2.63. The molecule has 2 fully saturated rings. The Morgan fingerprint density at radius 1 is 1.27 bits per heavy atom. The average molecular weight is 459 g/mol. The molecule has 9 heteroatoms. The van der Waals surface area contributed by atoms with Crippen LogP contribution in [0, 0.1) is 5.92 Å². The molecule has 0 unspecified atom stereocenters. The number of hydrogen-bond donors (Lipinski definition) is 5. The van der Waals surface area contributed by atoms with Crippen molar-refractivity contribution in [1.82, 2.24) is 10.2 Å². The normalized spacial score (nSPS) is 33.1. The fourth-order valence-corrected chi connectivity index (χ4v) is 6.17. The van der Waals surface area contributed by atoms with Crippen LogP contribution in [0.25, 0.3) is 0 Å². The van der Waals surface area contributed by atoms with Gasteiger partial charge in [-0.2, -0.15) is 0 Å². The van der Waals surface area contributed by atoms with Crippen LogP contribution in [0.4, 0.5) is 0 Å². The molecule has 1 aromatic rings. The lowest BCUT2D eigenvalue weighted by Crippen LogP contribution is -2.73. The summed E-state index contributed by atoms with van der Waals surface area (Å²) in [6.07, 6.45) is 2.39. The number of aliphatic hydroxyl groups is 2. The second-order valence-corrected chi connectivity index (χ2v) is 10.1. The highest BCUT2D eigenvalue weighted by molar-refractivity contribution is 5.95. The number of carboxylic acids is 1. The highest BCUT2D eigenvalue weighted by atomic mass is 16.5. The van der Waals surface area contributed by atoms with Gasteiger partial charge in [0.1, 0.15) is 12.3 Å². The van der Waals surface area contributed by atoms with Crippen LogP contribution < -0.4 is 10.1 Å². The summed E-state index contributed by atoms with van der Waals surface area (Å²) in [6.45, 7) is 4.20. The molecule has 4 atom stereocenters. The second-order valence-electron chi connectivity index (χ2n) is 10.1. The fraction of sp³-hybridized carbons (Fsp3) is 0.583. The fourth-order valence-electron chi connectivity index (χ4n) is 6.17. The summed E-state index contributed by atoms with van der Waals surface area (Å²) in [5.41, 5.74) is -0.781. The van der Waals surface area contributed by atoms with Crippen molar-refractivity contribution in [2.24, 2.45) is 5.92 Å². The highest BCUT2D eigenvalue weighted by Gasteiger charge is 2.69. The van der Waals surface area contributed by atoms with Crippen LogP contribution in [0.3, 0.4) is 0 Å². The first-order valence-electron chi connectivity index (χ1n) is 11.5. The zero-order chi connectivity index (χ0) is 23.7. The summed E-state index contributed by atoms with van der Waals surface area (Å²) in [4.78, 5) is 25.7. The van der Waals surface area contributed by atoms with Gasteiger partial charge in [0.25, 0.3) is 5.91 Å². The Morgan fingerprint density at radius 2 is 2.00 bits per heavy atom. The van der Waals surface area contributed by atoms with Crippen molar-refractivity contribution >= 4 is 11.9 Å². The molecule has 9 nitrogen and oxygen atoms in total. The van der Waals surface area contributed by atoms with Crippen LogP contribution >= 0.6 is 0 Å². The largest absolute Gasteiger partial charge is 0.508 e. The van der Waals surface area contributed by atoms with E-state index >= 15 is 0 Å². The maximum atomic E-state index is 12.5. The number of hydrogen-bond acceptors (Lipinski definition) is 7. The lowest BCUT2D eigenvalue weighted by Gasteiger charge is -2.59. The summed E-state index contributed by atoms with van der Waals surface area (Å²) in [6, 6.07) is 3.22. The van der Waals surface area contributed by atoms with Gasteiger partial charge >= 0.3 is 5.97 Å². The van der Waals surface area contributed by atoms with Crippen LogP contribution in [0.1, 0.15) is 44.2 Å². The van der Waals surface area contributed by atoms with E-state index in [1.807, 2.05) is 6.07 Å². The zero-order valence-corrected chi connectivity index (χ0v) is 18.8. The molecular weight excluding hydrogens is 428 g/mol. The SMILES string of the molecule is C/C(C(=O)NCC(=O)O)=C(/O)[C@@H]1Oc2c(O)ccc3c2[C@@]12CCN(CC1CC1)[C@H](C3)[C@@]2(C)O. The predicted octanol–water partition coefficient (Wildman–Crippen LogP) is 1.22. The monoisotopic (exact) mass is 458 g/mol. The number of benzene rings is 1. The maximum Gasteiger partial charge on any atom is 0.322 e. The van der Waals surface area contributed by atoms with Crippen LogP contribution in [0.5, 0.6) is 11.5 Å². The Hall–Kier alpha value is -2.78. The van der Waals surface area contributed by atoms with Gasteiger partial charge in [-0.05, 0) is 63.6 Å². The predicted molar refractivity (Wildman–Crippen MR) is 117 cm³/mol. The number of aliphatic hydroxyl groups excluding tert-OH is 1. The molecule has 2 aliphatic carbocycles. The molecule has 1 spiro atoms. The number of ether oxygens (including phenoxy) is 1. The number of aromatic hydroxyl groups is 1. The van der Waals surface area contributed by atoms with Crippen LogP contribution in [0.2, 0.25) is 0 Å². The molecule has 5 N–H and O–H groups in total. The molecule has 0 aromatic heterocycles. The molecule has 2 aliphatic heterocycles. The number of nitrogens with zero attached hydrogens (tertiary/aromatic N) is 1. The van der Waals surface area contributed by atoms with Gasteiger partial charge in [0.15, 0.2) is 17.6 Å². The number of likely N-dealkylation sites (tertiary alicyclic amines) is 1. The van der Waals surface area contributed by atoms with Crippen LogP contribution in [-0.2, 0) is 21.4 Å².